The number of fused-ring (bicyclic) bond motifs is 1. The summed E-state index contributed by atoms with van der Waals surface area (Å²) in [6, 6.07) is 9.65. The number of aromatic nitrogens is 2. The van der Waals surface area contributed by atoms with E-state index in [1.54, 1.807) is 0 Å². The van der Waals surface area contributed by atoms with Crippen molar-refractivity contribution in [1.29, 1.82) is 0 Å². The zero-order valence-electron chi connectivity index (χ0n) is 12.9. The van der Waals surface area contributed by atoms with Gasteiger partial charge in [-0.15, -0.1) is 0 Å². The highest BCUT2D eigenvalue weighted by Crippen LogP contribution is 2.27. The lowest BCUT2D eigenvalue weighted by atomic mass is 10.1. The first-order valence-corrected chi connectivity index (χ1v) is 9.52. The molecule has 1 aromatic carbocycles. The van der Waals surface area contributed by atoms with E-state index in [4.69, 9.17) is 0 Å². The van der Waals surface area contributed by atoms with Gasteiger partial charge in [0.15, 0.2) is 5.69 Å². The van der Waals surface area contributed by atoms with Crippen LogP contribution in [-0.2, 0) is 23.0 Å². The maximum Gasteiger partial charge on any atom is 0.285 e. The fourth-order valence-electron chi connectivity index (χ4n) is 2.93. The Bertz CT molecular complexity index is 826. The Labute approximate surface area is 135 Å². The molecule has 2 aromatic rings. The molecule has 6 nitrogen and oxygen atoms in total. The Morgan fingerprint density at radius 2 is 1.91 bits per heavy atom. The van der Waals surface area contributed by atoms with Gasteiger partial charge in [-0.3, -0.25) is 4.79 Å². The van der Waals surface area contributed by atoms with Crippen molar-refractivity contribution in [3.8, 4) is 11.4 Å². The molecule has 1 aliphatic rings. The summed E-state index contributed by atoms with van der Waals surface area (Å²) in [4.78, 5) is 16.8. The molecular weight excluding hydrogens is 314 g/mol. The molecule has 1 aliphatic heterocycles. The number of benzene rings is 1. The first-order valence-electron chi connectivity index (χ1n) is 7.62. The molecule has 1 amide bonds. The highest BCUT2D eigenvalue weighted by Gasteiger charge is 2.25. The van der Waals surface area contributed by atoms with E-state index >= 15 is 0 Å². The molecule has 0 aliphatic carbocycles. The Kier molecular flexibility index (Phi) is 4.21. The molecule has 0 unspecified atom stereocenters. The lowest BCUT2D eigenvalue weighted by molar-refractivity contribution is 0.0976. The molecule has 0 saturated carbocycles. The lowest BCUT2D eigenvalue weighted by Gasteiger charge is -2.08. The molecule has 3 rings (SSSR count). The second-order valence-corrected chi connectivity index (χ2v) is 7.51. The molecule has 0 bridgehead atoms. The molecule has 1 aromatic heterocycles. The Balaban J connectivity index is 2.10. The summed E-state index contributed by atoms with van der Waals surface area (Å²) in [5.41, 5.74) is 1.97. The van der Waals surface area contributed by atoms with E-state index in [9.17, 15) is 13.2 Å². The van der Waals surface area contributed by atoms with Crippen LogP contribution in [0.2, 0.25) is 0 Å². The van der Waals surface area contributed by atoms with E-state index in [1.165, 1.54) is 0 Å². The number of imidazole rings is 1. The van der Waals surface area contributed by atoms with E-state index in [1.807, 2.05) is 35.1 Å². The number of carbonyl (C=O) groups is 1. The van der Waals surface area contributed by atoms with Gasteiger partial charge in [0.25, 0.3) is 5.91 Å². The number of nitrogens with one attached hydrogen (secondary N) is 1. The maximum atomic E-state index is 12.3. The van der Waals surface area contributed by atoms with Crippen LogP contribution >= 0.6 is 0 Å². The van der Waals surface area contributed by atoms with Gasteiger partial charge in [0.05, 0.1) is 11.9 Å². The summed E-state index contributed by atoms with van der Waals surface area (Å²) in [5.74, 6) is 0.0708. The molecule has 1 N–H and O–H groups in total. The third kappa shape index (κ3) is 3.44. The average Bonchev–Trinajstić information content (AvgIpc) is 2.69. The molecule has 0 spiro atoms. The van der Waals surface area contributed by atoms with Crippen molar-refractivity contribution in [2.75, 3.05) is 6.26 Å². The van der Waals surface area contributed by atoms with Crippen molar-refractivity contribution in [2.24, 2.45) is 0 Å². The van der Waals surface area contributed by atoms with Gasteiger partial charge in [-0.2, -0.15) is 0 Å². The number of hydrogen-bond acceptors (Lipinski definition) is 4. The van der Waals surface area contributed by atoms with Crippen LogP contribution in [0.1, 0.15) is 35.4 Å². The molecule has 122 valence electrons. The number of hydrogen-bond donors (Lipinski definition) is 1. The fourth-order valence-corrected chi connectivity index (χ4v) is 3.36. The predicted molar refractivity (Wildman–Crippen MR) is 87.5 cm³/mol. The minimum absolute atomic E-state index is 0.219. The molecule has 0 radical (unpaired) electrons. The zero-order valence-corrected chi connectivity index (χ0v) is 13.8. The standard InChI is InChI=1S/C16H19N3O3S/c1-23(21,22)18-16(20)14-13-10-6-3-7-11-19(13)15(17-14)12-8-4-2-5-9-12/h2,4-5,8-9H,3,6-7,10-11H2,1H3,(H,18,20). The molecule has 0 atom stereocenters. The van der Waals surface area contributed by atoms with Crippen molar-refractivity contribution >= 4 is 15.9 Å². The first kappa shape index (κ1) is 15.7. The lowest BCUT2D eigenvalue weighted by Crippen LogP contribution is -2.30. The van der Waals surface area contributed by atoms with Gasteiger partial charge in [0.1, 0.15) is 5.82 Å². The second kappa shape index (κ2) is 6.16. The van der Waals surface area contributed by atoms with Crippen LogP contribution in [0, 0.1) is 0 Å². The van der Waals surface area contributed by atoms with Crippen molar-refractivity contribution in [3.63, 3.8) is 0 Å². The topological polar surface area (TPSA) is 81.1 Å². The SMILES string of the molecule is CS(=O)(=O)NC(=O)c1nc(-c2ccccc2)n2c1CCCCC2. The highest BCUT2D eigenvalue weighted by molar-refractivity contribution is 7.89. The average molecular weight is 333 g/mol. The summed E-state index contributed by atoms with van der Waals surface area (Å²) in [5, 5.41) is 0. The number of nitrogens with zero attached hydrogens (tertiary/aromatic N) is 2. The molecule has 0 fully saturated rings. The van der Waals surface area contributed by atoms with Crippen LogP contribution in [0.5, 0.6) is 0 Å². The number of carbonyl (C=O) groups excluding carboxylic acids is 1. The van der Waals surface area contributed by atoms with Crippen molar-refractivity contribution in [2.45, 2.75) is 32.2 Å². The van der Waals surface area contributed by atoms with Crippen molar-refractivity contribution in [1.82, 2.24) is 14.3 Å². The van der Waals surface area contributed by atoms with E-state index in [2.05, 4.69) is 9.55 Å². The minimum Gasteiger partial charge on any atom is -0.327 e. The number of amides is 1. The fraction of sp³-hybridized carbons (Fsp3) is 0.375. The monoisotopic (exact) mass is 333 g/mol. The quantitative estimate of drug-likeness (QED) is 0.931. The van der Waals surface area contributed by atoms with Gasteiger partial charge >= 0.3 is 0 Å². The molecule has 7 heteroatoms. The van der Waals surface area contributed by atoms with E-state index in [0.29, 0.717) is 0 Å². The van der Waals surface area contributed by atoms with Gasteiger partial charge in [0.2, 0.25) is 10.0 Å². The van der Waals surface area contributed by atoms with E-state index in [-0.39, 0.29) is 5.69 Å². The van der Waals surface area contributed by atoms with Crippen molar-refractivity contribution < 1.29 is 13.2 Å². The van der Waals surface area contributed by atoms with Crippen LogP contribution in [0.4, 0.5) is 0 Å². The third-order valence-corrected chi connectivity index (χ3v) is 4.45. The highest BCUT2D eigenvalue weighted by atomic mass is 32.2. The third-order valence-electron chi connectivity index (χ3n) is 3.89. The van der Waals surface area contributed by atoms with Gasteiger partial charge in [-0.25, -0.2) is 18.1 Å². The largest absolute Gasteiger partial charge is 0.327 e. The van der Waals surface area contributed by atoms with Gasteiger partial charge in [-0.1, -0.05) is 36.8 Å². The van der Waals surface area contributed by atoms with Crippen LogP contribution in [-0.4, -0.2) is 30.1 Å². The smallest absolute Gasteiger partial charge is 0.285 e. The van der Waals surface area contributed by atoms with Crippen LogP contribution in [0.25, 0.3) is 11.4 Å². The van der Waals surface area contributed by atoms with Crippen LogP contribution < -0.4 is 4.72 Å². The summed E-state index contributed by atoms with van der Waals surface area (Å²) in [6.07, 6.45) is 4.78. The molecule has 0 saturated heterocycles. The maximum absolute atomic E-state index is 12.3. The van der Waals surface area contributed by atoms with Crippen molar-refractivity contribution in [3.05, 3.63) is 41.7 Å². The minimum atomic E-state index is -3.61. The zero-order chi connectivity index (χ0) is 16.4. The first-order chi connectivity index (χ1) is 11.0. The summed E-state index contributed by atoms with van der Waals surface area (Å²) >= 11 is 0. The van der Waals surface area contributed by atoms with Gasteiger partial charge in [0, 0.05) is 12.1 Å². The number of rotatable bonds is 3. The van der Waals surface area contributed by atoms with Crippen LogP contribution in [0.15, 0.2) is 30.3 Å². The predicted octanol–water partition coefficient (Wildman–Crippen LogP) is 1.97. The molecular formula is C16H19N3O3S. The number of sulfonamides is 1. The summed E-state index contributed by atoms with van der Waals surface area (Å²) in [6.45, 7) is 0.790. The molecule has 23 heavy (non-hydrogen) atoms. The molecule has 2 heterocycles. The van der Waals surface area contributed by atoms with Gasteiger partial charge < -0.3 is 4.57 Å². The second-order valence-electron chi connectivity index (χ2n) is 5.76. The Morgan fingerprint density at radius 3 is 2.61 bits per heavy atom. The van der Waals surface area contributed by atoms with Crippen LogP contribution in [0.3, 0.4) is 0 Å². The van der Waals surface area contributed by atoms with E-state index < -0.39 is 15.9 Å². The summed E-state index contributed by atoms with van der Waals surface area (Å²) < 4.78 is 26.8. The van der Waals surface area contributed by atoms with E-state index in [0.717, 1.165) is 55.6 Å². The Hall–Kier alpha value is -2.15. The van der Waals surface area contributed by atoms with Gasteiger partial charge in [-0.05, 0) is 19.3 Å². The summed E-state index contributed by atoms with van der Waals surface area (Å²) in [7, 11) is -3.61. The normalized spacial score (nSPS) is 14.8. The Morgan fingerprint density at radius 1 is 1.17 bits per heavy atom.